The van der Waals surface area contributed by atoms with E-state index in [0.717, 1.165) is 62.2 Å². The van der Waals surface area contributed by atoms with Gasteiger partial charge in [0.15, 0.2) is 0 Å². The number of hydrogen-bond acceptors (Lipinski definition) is 5. The first-order valence-corrected chi connectivity index (χ1v) is 9.47. The third kappa shape index (κ3) is 3.62. The van der Waals surface area contributed by atoms with Crippen LogP contribution in [0.2, 0.25) is 0 Å². The second-order valence-electron chi connectivity index (χ2n) is 7.55. The molecule has 1 N–H and O–H groups in total. The number of ether oxygens (including phenoxy) is 1. The van der Waals surface area contributed by atoms with Gasteiger partial charge in [-0.15, -0.1) is 0 Å². The van der Waals surface area contributed by atoms with Gasteiger partial charge < -0.3 is 14.7 Å². The van der Waals surface area contributed by atoms with E-state index < -0.39 is 0 Å². The lowest BCUT2D eigenvalue weighted by Crippen LogP contribution is -2.44. The minimum Gasteiger partial charge on any atom is -0.396 e. The zero-order chi connectivity index (χ0) is 17.1. The van der Waals surface area contributed by atoms with E-state index in [0.29, 0.717) is 6.10 Å². The maximum Gasteiger partial charge on any atom is 0.147 e. The molecule has 134 valence electrons. The summed E-state index contributed by atoms with van der Waals surface area (Å²) in [5.41, 5.74) is 1.87. The van der Waals surface area contributed by atoms with E-state index in [1.54, 1.807) is 0 Å². The van der Waals surface area contributed by atoms with Crippen LogP contribution in [-0.4, -0.2) is 47.5 Å². The second-order valence-corrected chi connectivity index (χ2v) is 7.55. The average molecular weight is 341 g/mol. The van der Waals surface area contributed by atoms with Crippen LogP contribution in [0.25, 0.3) is 11.0 Å². The number of anilines is 1. The van der Waals surface area contributed by atoms with Gasteiger partial charge in [-0.2, -0.15) is 0 Å². The van der Waals surface area contributed by atoms with Crippen molar-refractivity contribution in [2.75, 3.05) is 31.2 Å². The third-order valence-electron chi connectivity index (χ3n) is 5.85. The fourth-order valence-electron chi connectivity index (χ4n) is 4.19. The summed E-state index contributed by atoms with van der Waals surface area (Å²) >= 11 is 0. The van der Waals surface area contributed by atoms with Gasteiger partial charge >= 0.3 is 0 Å². The molecule has 5 nitrogen and oxygen atoms in total. The topological polar surface area (TPSA) is 58.5 Å². The molecule has 1 aromatic carbocycles. The molecular formula is C20H27N3O2. The van der Waals surface area contributed by atoms with Crippen molar-refractivity contribution >= 4 is 16.9 Å². The Bertz CT molecular complexity index is 707. The van der Waals surface area contributed by atoms with E-state index >= 15 is 0 Å². The van der Waals surface area contributed by atoms with E-state index in [1.807, 2.05) is 30.5 Å². The van der Waals surface area contributed by atoms with Gasteiger partial charge in [-0.1, -0.05) is 12.1 Å². The Kier molecular flexibility index (Phi) is 4.86. The Morgan fingerprint density at radius 1 is 1.16 bits per heavy atom. The first-order valence-electron chi connectivity index (χ1n) is 9.47. The molecule has 0 radical (unpaired) electrons. The number of aliphatic hydroxyl groups is 1. The fraction of sp³-hybridized carbons (Fsp3) is 0.600. The highest BCUT2D eigenvalue weighted by molar-refractivity contribution is 5.75. The number of rotatable bonds is 4. The maximum atomic E-state index is 10.1. The maximum absolute atomic E-state index is 10.1. The van der Waals surface area contributed by atoms with Gasteiger partial charge in [0, 0.05) is 26.3 Å². The third-order valence-corrected chi connectivity index (χ3v) is 5.85. The summed E-state index contributed by atoms with van der Waals surface area (Å²) in [5.74, 6) is 0.944. The smallest absolute Gasteiger partial charge is 0.147 e. The lowest BCUT2D eigenvalue weighted by molar-refractivity contribution is -0.0355. The number of benzene rings is 1. The number of aromatic nitrogens is 2. The largest absolute Gasteiger partial charge is 0.396 e. The summed E-state index contributed by atoms with van der Waals surface area (Å²) in [7, 11) is 0. The Hall–Kier alpha value is -1.72. The Morgan fingerprint density at radius 2 is 1.96 bits per heavy atom. The summed E-state index contributed by atoms with van der Waals surface area (Å²) in [6, 6.07) is 7.98. The molecule has 0 amide bonds. The van der Waals surface area contributed by atoms with Crippen LogP contribution in [0.4, 0.5) is 5.82 Å². The number of para-hydroxylation sites is 2. The van der Waals surface area contributed by atoms with Crippen molar-refractivity contribution in [2.24, 2.45) is 5.41 Å². The highest BCUT2D eigenvalue weighted by atomic mass is 16.5. The predicted molar refractivity (Wildman–Crippen MR) is 98.7 cm³/mol. The van der Waals surface area contributed by atoms with Crippen LogP contribution in [0.5, 0.6) is 0 Å². The summed E-state index contributed by atoms with van der Waals surface area (Å²) in [6.45, 7) is 2.97. The normalized spacial score (nSPS) is 23.7. The standard InChI is InChI=1S/C20H27N3O2/c24-15-20(13-16-5-3-4-12-25-16)8-10-23(11-9-20)19-14-21-17-6-1-2-7-18(17)22-19/h1-2,6-7,14,16,24H,3-5,8-13,15H2. The van der Waals surface area contributed by atoms with Crippen LogP contribution >= 0.6 is 0 Å². The van der Waals surface area contributed by atoms with Crippen molar-refractivity contribution in [1.29, 1.82) is 0 Å². The first kappa shape index (κ1) is 16.7. The van der Waals surface area contributed by atoms with E-state index in [9.17, 15) is 5.11 Å². The molecule has 0 spiro atoms. The molecule has 2 aliphatic heterocycles. The van der Waals surface area contributed by atoms with E-state index in [2.05, 4.69) is 9.88 Å². The zero-order valence-electron chi connectivity index (χ0n) is 14.7. The van der Waals surface area contributed by atoms with Crippen molar-refractivity contribution < 1.29 is 9.84 Å². The van der Waals surface area contributed by atoms with Crippen LogP contribution in [0.15, 0.2) is 30.5 Å². The summed E-state index contributed by atoms with van der Waals surface area (Å²) in [5, 5.41) is 10.1. The van der Waals surface area contributed by atoms with Gasteiger partial charge in [0.1, 0.15) is 5.82 Å². The van der Waals surface area contributed by atoms with Crippen molar-refractivity contribution in [1.82, 2.24) is 9.97 Å². The molecule has 1 aromatic heterocycles. The zero-order valence-corrected chi connectivity index (χ0v) is 14.7. The quantitative estimate of drug-likeness (QED) is 0.926. The molecular weight excluding hydrogens is 314 g/mol. The van der Waals surface area contributed by atoms with E-state index in [4.69, 9.17) is 9.72 Å². The van der Waals surface area contributed by atoms with E-state index in [-0.39, 0.29) is 12.0 Å². The number of nitrogens with zero attached hydrogens (tertiary/aromatic N) is 3. The summed E-state index contributed by atoms with van der Waals surface area (Å²) in [4.78, 5) is 11.6. The van der Waals surface area contributed by atoms with Gasteiger partial charge in [-0.05, 0) is 56.1 Å². The van der Waals surface area contributed by atoms with Crippen LogP contribution in [0.3, 0.4) is 0 Å². The molecule has 2 saturated heterocycles. The highest BCUT2D eigenvalue weighted by Gasteiger charge is 2.37. The van der Waals surface area contributed by atoms with Gasteiger partial charge in [0.25, 0.3) is 0 Å². The van der Waals surface area contributed by atoms with Crippen LogP contribution in [0.1, 0.15) is 38.5 Å². The molecule has 25 heavy (non-hydrogen) atoms. The SMILES string of the molecule is OCC1(CC2CCCCO2)CCN(c2cnc3ccccc3n2)CC1. The first-order chi connectivity index (χ1) is 12.3. The van der Waals surface area contributed by atoms with Crippen LogP contribution in [0, 0.1) is 5.41 Å². The average Bonchev–Trinajstić information content (AvgIpc) is 2.69. The molecule has 0 bridgehead atoms. The molecule has 2 fully saturated rings. The summed E-state index contributed by atoms with van der Waals surface area (Å²) < 4.78 is 5.92. The van der Waals surface area contributed by atoms with Crippen molar-refractivity contribution in [3.63, 3.8) is 0 Å². The molecule has 5 heteroatoms. The van der Waals surface area contributed by atoms with E-state index in [1.165, 1.54) is 12.8 Å². The van der Waals surface area contributed by atoms with Gasteiger partial charge in [0.2, 0.25) is 0 Å². The number of fused-ring (bicyclic) bond motifs is 1. The second kappa shape index (κ2) is 7.26. The molecule has 0 aliphatic carbocycles. The molecule has 3 heterocycles. The molecule has 2 aromatic rings. The van der Waals surface area contributed by atoms with Crippen molar-refractivity contribution in [3.05, 3.63) is 30.5 Å². The highest BCUT2D eigenvalue weighted by Crippen LogP contribution is 2.39. The Labute approximate surface area is 149 Å². The molecule has 0 saturated carbocycles. The number of piperidine rings is 1. The van der Waals surface area contributed by atoms with Crippen molar-refractivity contribution in [2.45, 2.75) is 44.6 Å². The molecule has 1 atom stereocenters. The molecule has 4 rings (SSSR count). The number of hydrogen-bond donors (Lipinski definition) is 1. The Balaban J connectivity index is 1.43. The van der Waals surface area contributed by atoms with Crippen molar-refractivity contribution in [3.8, 4) is 0 Å². The number of aliphatic hydroxyl groups excluding tert-OH is 1. The van der Waals surface area contributed by atoms with Crippen LogP contribution < -0.4 is 4.90 Å². The summed E-state index contributed by atoms with van der Waals surface area (Å²) in [6.07, 6.45) is 8.73. The fourth-order valence-corrected chi connectivity index (χ4v) is 4.19. The monoisotopic (exact) mass is 341 g/mol. The molecule has 1 unspecified atom stereocenters. The lowest BCUT2D eigenvalue weighted by Gasteiger charge is -2.43. The van der Waals surface area contributed by atoms with Gasteiger partial charge in [0.05, 0.1) is 23.3 Å². The lowest BCUT2D eigenvalue weighted by atomic mass is 9.74. The minimum atomic E-state index is 0.00276. The Morgan fingerprint density at radius 3 is 2.68 bits per heavy atom. The minimum absolute atomic E-state index is 0.00276. The van der Waals surface area contributed by atoms with Crippen LogP contribution in [-0.2, 0) is 4.74 Å². The van der Waals surface area contributed by atoms with Gasteiger partial charge in [-0.25, -0.2) is 4.98 Å². The van der Waals surface area contributed by atoms with Gasteiger partial charge in [-0.3, -0.25) is 4.98 Å². The predicted octanol–water partition coefficient (Wildman–Crippen LogP) is 3.17. The molecule has 2 aliphatic rings.